The van der Waals surface area contributed by atoms with E-state index < -0.39 is 0 Å². The molecule has 1 heterocycles. The molecule has 2 N–H and O–H groups in total. The zero-order valence-electron chi connectivity index (χ0n) is 9.36. The number of thiazole rings is 1. The molecule has 16 heavy (non-hydrogen) atoms. The number of anilines is 1. The highest BCUT2D eigenvalue weighted by molar-refractivity contribution is 7.15. The number of nitrogens with two attached hydrogens (primary N) is 1. The molecule has 0 spiro atoms. The van der Waals surface area contributed by atoms with Gasteiger partial charge in [0.05, 0.1) is 0 Å². The molecule has 2 rings (SSSR count). The number of hydrogen-bond acceptors (Lipinski definition) is 3. The van der Waals surface area contributed by atoms with E-state index in [1.807, 2.05) is 6.20 Å². The molecule has 0 radical (unpaired) electrons. The number of nitrogens with zero attached hydrogens (tertiary/aromatic N) is 1. The quantitative estimate of drug-likeness (QED) is 0.893. The maximum atomic E-state index is 5.59. The third-order valence-corrected chi connectivity index (χ3v) is 3.35. The summed E-state index contributed by atoms with van der Waals surface area (Å²) in [7, 11) is 0. The summed E-state index contributed by atoms with van der Waals surface area (Å²) >= 11 is 1.56. The molecule has 2 nitrogen and oxygen atoms in total. The first-order chi connectivity index (χ1) is 7.15. The van der Waals surface area contributed by atoms with Gasteiger partial charge in [0.25, 0.3) is 0 Å². The molecule has 0 bridgehead atoms. The number of hydrogen-bond donors (Lipinski definition) is 1. The van der Waals surface area contributed by atoms with E-state index in [0.717, 1.165) is 6.42 Å². The van der Waals surface area contributed by atoms with E-state index in [1.165, 1.54) is 21.6 Å². The van der Waals surface area contributed by atoms with Crippen LogP contribution in [0.25, 0.3) is 0 Å². The summed E-state index contributed by atoms with van der Waals surface area (Å²) in [5.41, 5.74) is 9.59. The van der Waals surface area contributed by atoms with Crippen LogP contribution in [0, 0.1) is 13.8 Å². The Hall–Kier alpha value is -1.06. The van der Waals surface area contributed by atoms with E-state index in [0.29, 0.717) is 5.13 Å². The van der Waals surface area contributed by atoms with Crippen LogP contribution < -0.4 is 5.73 Å². The van der Waals surface area contributed by atoms with Gasteiger partial charge in [-0.25, -0.2) is 4.98 Å². The van der Waals surface area contributed by atoms with Crippen LogP contribution in [0.2, 0.25) is 0 Å². The molecule has 0 unspecified atom stereocenters. The Bertz CT molecular complexity index is 480. The molecule has 1 aromatic heterocycles. The van der Waals surface area contributed by atoms with E-state index in [4.69, 9.17) is 5.73 Å². The van der Waals surface area contributed by atoms with Crippen LogP contribution in [0.1, 0.15) is 21.6 Å². The maximum Gasteiger partial charge on any atom is 0.180 e. The molecule has 0 saturated carbocycles. The van der Waals surface area contributed by atoms with Gasteiger partial charge in [-0.1, -0.05) is 18.2 Å². The Morgan fingerprint density at radius 2 is 2.00 bits per heavy atom. The lowest BCUT2D eigenvalue weighted by Crippen LogP contribution is -1.88. The highest BCUT2D eigenvalue weighted by Gasteiger charge is 2.01. The summed E-state index contributed by atoms with van der Waals surface area (Å²) < 4.78 is 0. The Morgan fingerprint density at radius 1 is 1.25 bits per heavy atom. The lowest BCUT2D eigenvalue weighted by atomic mass is 10.0. The lowest BCUT2D eigenvalue weighted by Gasteiger charge is -2.03. The number of benzene rings is 1. The van der Waals surface area contributed by atoms with Crippen molar-refractivity contribution < 1.29 is 0 Å². The molecular formula is C12H15ClN2S. The number of rotatable bonds is 2. The first-order valence-corrected chi connectivity index (χ1v) is 5.73. The van der Waals surface area contributed by atoms with Crippen LogP contribution >= 0.6 is 23.7 Å². The van der Waals surface area contributed by atoms with E-state index >= 15 is 0 Å². The van der Waals surface area contributed by atoms with Crippen molar-refractivity contribution in [1.82, 2.24) is 4.98 Å². The first-order valence-electron chi connectivity index (χ1n) is 4.91. The second-order valence-corrected chi connectivity index (χ2v) is 4.91. The average Bonchev–Trinajstić information content (AvgIpc) is 2.58. The summed E-state index contributed by atoms with van der Waals surface area (Å²) in [4.78, 5) is 5.27. The molecule has 0 amide bonds. The minimum atomic E-state index is 0. The topological polar surface area (TPSA) is 38.9 Å². The van der Waals surface area contributed by atoms with Crippen LogP contribution in [0.4, 0.5) is 5.13 Å². The standard InChI is InChI=1S/C12H14N2S.ClH/c1-8-3-4-10(5-9(8)2)6-11-7-14-12(13)15-11;/h3-5,7H,6H2,1-2H3,(H2,13,14);1H. The minimum absolute atomic E-state index is 0. The molecule has 1 aromatic carbocycles. The number of nitrogen functional groups attached to an aromatic ring is 1. The molecule has 0 aliphatic heterocycles. The molecule has 0 atom stereocenters. The lowest BCUT2D eigenvalue weighted by molar-refractivity contribution is 1.19. The van der Waals surface area contributed by atoms with Crippen molar-refractivity contribution in [3.8, 4) is 0 Å². The third-order valence-electron chi connectivity index (χ3n) is 2.52. The summed E-state index contributed by atoms with van der Waals surface area (Å²) in [6.07, 6.45) is 2.78. The van der Waals surface area contributed by atoms with Gasteiger partial charge in [0.2, 0.25) is 0 Å². The van der Waals surface area contributed by atoms with Gasteiger partial charge in [-0.15, -0.1) is 23.7 Å². The zero-order valence-corrected chi connectivity index (χ0v) is 11.0. The fourth-order valence-electron chi connectivity index (χ4n) is 1.52. The molecule has 86 valence electrons. The monoisotopic (exact) mass is 254 g/mol. The minimum Gasteiger partial charge on any atom is -0.375 e. The van der Waals surface area contributed by atoms with Crippen LogP contribution in [0.15, 0.2) is 24.4 Å². The van der Waals surface area contributed by atoms with Crippen LogP contribution in [-0.2, 0) is 6.42 Å². The van der Waals surface area contributed by atoms with E-state index in [9.17, 15) is 0 Å². The predicted octanol–water partition coefficient (Wildman–Crippen LogP) is 3.35. The highest BCUT2D eigenvalue weighted by atomic mass is 35.5. The predicted molar refractivity (Wildman–Crippen MR) is 72.5 cm³/mol. The second kappa shape index (κ2) is 5.32. The van der Waals surface area contributed by atoms with Crippen molar-refractivity contribution in [3.63, 3.8) is 0 Å². The van der Waals surface area contributed by atoms with Gasteiger partial charge in [-0.05, 0) is 30.5 Å². The van der Waals surface area contributed by atoms with Gasteiger partial charge in [-0.2, -0.15) is 0 Å². The summed E-state index contributed by atoms with van der Waals surface area (Å²) in [5.74, 6) is 0. The summed E-state index contributed by atoms with van der Waals surface area (Å²) in [6.45, 7) is 4.27. The summed E-state index contributed by atoms with van der Waals surface area (Å²) in [6, 6.07) is 6.55. The van der Waals surface area contributed by atoms with Crippen molar-refractivity contribution in [2.45, 2.75) is 20.3 Å². The van der Waals surface area contributed by atoms with Gasteiger partial charge in [-0.3, -0.25) is 0 Å². The molecule has 0 fully saturated rings. The molecule has 0 aliphatic rings. The zero-order chi connectivity index (χ0) is 10.8. The van der Waals surface area contributed by atoms with Gasteiger partial charge < -0.3 is 5.73 Å². The van der Waals surface area contributed by atoms with Crippen molar-refractivity contribution in [2.24, 2.45) is 0 Å². The molecule has 2 aromatic rings. The highest BCUT2D eigenvalue weighted by Crippen LogP contribution is 2.19. The molecule has 0 aliphatic carbocycles. The fraction of sp³-hybridized carbons (Fsp3) is 0.250. The van der Waals surface area contributed by atoms with Crippen LogP contribution in [0.3, 0.4) is 0 Å². The van der Waals surface area contributed by atoms with E-state index in [1.54, 1.807) is 11.3 Å². The van der Waals surface area contributed by atoms with Crippen LogP contribution in [0.5, 0.6) is 0 Å². The molecule has 0 saturated heterocycles. The first kappa shape index (κ1) is 13.0. The molecule has 4 heteroatoms. The number of aromatic nitrogens is 1. The van der Waals surface area contributed by atoms with Gasteiger partial charge >= 0.3 is 0 Å². The van der Waals surface area contributed by atoms with Crippen LogP contribution in [-0.4, -0.2) is 4.98 Å². The summed E-state index contributed by atoms with van der Waals surface area (Å²) in [5, 5.41) is 0.647. The van der Waals surface area contributed by atoms with Crippen molar-refractivity contribution in [1.29, 1.82) is 0 Å². The Labute approximate surface area is 106 Å². The Kier molecular flexibility index (Phi) is 4.33. The smallest absolute Gasteiger partial charge is 0.180 e. The largest absolute Gasteiger partial charge is 0.375 e. The number of aryl methyl sites for hydroxylation is 2. The number of halogens is 1. The Morgan fingerprint density at radius 3 is 2.56 bits per heavy atom. The Balaban J connectivity index is 0.00000128. The third kappa shape index (κ3) is 2.97. The van der Waals surface area contributed by atoms with E-state index in [2.05, 4.69) is 37.0 Å². The van der Waals surface area contributed by atoms with Crippen molar-refractivity contribution >= 4 is 28.9 Å². The van der Waals surface area contributed by atoms with Gasteiger partial charge in [0.1, 0.15) is 0 Å². The average molecular weight is 255 g/mol. The normalized spacial score (nSPS) is 9.88. The van der Waals surface area contributed by atoms with Gasteiger partial charge in [0.15, 0.2) is 5.13 Å². The van der Waals surface area contributed by atoms with Crippen molar-refractivity contribution in [2.75, 3.05) is 5.73 Å². The van der Waals surface area contributed by atoms with E-state index in [-0.39, 0.29) is 12.4 Å². The fourth-order valence-corrected chi connectivity index (χ4v) is 2.24. The van der Waals surface area contributed by atoms with Gasteiger partial charge in [0, 0.05) is 17.5 Å². The van der Waals surface area contributed by atoms with Crippen molar-refractivity contribution in [3.05, 3.63) is 46.0 Å². The maximum absolute atomic E-state index is 5.59. The molecular weight excluding hydrogens is 240 g/mol. The second-order valence-electron chi connectivity index (χ2n) is 3.76. The SMILES string of the molecule is Cc1ccc(Cc2cnc(N)s2)cc1C.Cl.